The van der Waals surface area contributed by atoms with Crippen molar-refractivity contribution in [1.29, 1.82) is 0 Å². The molecule has 0 fully saturated rings. The lowest BCUT2D eigenvalue weighted by molar-refractivity contribution is 0.151. The van der Waals surface area contributed by atoms with Crippen molar-refractivity contribution in [3.8, 4) is 0 Å². The molecule has 1 heterocycles. The SMILES string of the molecule is Cc1cc(C(F)F)cc(CF)n1. The minimum Gasteiger partial charge on any atom is -0.255 e. The van der Waals surface area contributed by atoms with Crippen LogP contribution in [0.25, 0.3) is 0 Å². The van der Waals surface area contributed by atoms with Gasteiger partial charge >= 0.3 is 0 Å². The summed E-state index contributed by atoms with van der Waals surface area (Å²) in [7, 11) is 0. The third-order valence-electron chi connectivity index (χ3n) is 1.42. The lowest BCUT2D eigenvalue weighted by atomic mass is 10.2. The maximum Gasteiger partial charge on any atom is 0.263 e. The molecule has 0 saturated carbocycles. The molecule has 0 aliphatic rings. The van der Waals surface area contributed by atoms with Crippen LogP contribution in [0.5, 0.6) is 0 Å². The summed E-state index contributed by atoms with van der Waals surface area (Å²) in [5.74, 6) is 0. The fraction of sp³-hybridized carbons (Fsp3) is 0.375. The molecule has 0 aliphatic carbocycles. The van der Waals surface area contributed by atoms with E-state index < -0.39 is 13.1 Å². The van der Waals surface area contributed by atoms with E-state index in [1.165, 1.54) is 6.07 Å². The van der Waals surface area contributed by atoms with Gasteiger partial charge in [-0.2, -0.15) is 0 Å². The molecule has 12 heavy (non-hydrogen) atoms. The van der Waals surface area contributed by atoms with Gasteiger partial charge in [0.1, 0.15) is 6.67 Å². The molecule has 0 bridgehead atoms. The zero-order chi connectivity index (χ0) is 9.14. The molecule has 1 rings (SSSR count). The van der Waals surface area contributed by atoms with Gasteiger partial charge < -0.3 is 0 Å². The van der Waals surface area contributed by atoms with Gasteiger partial charge in [0.2, 0.25) is 0 Å². The molecule has 1 aromatic heterocycles. The Balaban J connectivity index is 3.06. The highest BCUT2D eigenvalue weighted by atomic mass is 19.3. The number of aryl methyl sites for hydroxylation is 1. The summed E-state index contributed by atoms with van der Waals surface area (Å²) in [5.41, 5.74) is 0.306. The van der Waals surface area contributed by atoms with Crippen LogP contribution in [-0.4, -0.2) is 4.98 Å². The molecule has 0 unspecified atom stereocenters. The Morgan fingerprint density at radius 1 is 1.42 bits per heavy atom. The van der Waals surface area contributed by atoms with E-state index in [0.29, 0.717) is 5.69 Å². The second-order valence-electron chi connectivity index (χ2n) is 2.47. The van der Waals surface area contributed by atoms with Gasteiger partial charge in [-0.05, 0) is 19.1 Å². The lowest BCUT2D eigenvalue weighted by Gasteiger charge is -2.02. The van der Waals surface area contributed by atoms with Gasteiger partial charge in [-0.3, -0.25) is 4.98 Å². The second-order valence-corrected chi connectivity index (χ2v) is 2.47. The van der Waals surface area contributed by atoms with Gasteiger partial charge in [-0.15, -0.1) is 0 Å². The van der Waals surface area contributed by atoms with Crippen LogP contribution in [0.15, 0.2) is 12.1 Å². The first-order valence-electron chi connectivity index (χ1n) is 3.45. The van der Waals surface area contributed by atoms with Crippen molar-refractivity contribution in [3.63, 3.8) is 0 Å². The summed E-state index contributed by atoms with van der Waals surface area (Å²) in [6.45, 7) is 0.756. The molecule has 66 valence electrons. The van der Waals surface area contributed by atoms with Crippen LogP contribution >= 0.6 is 0 Å². The Hall–Kier alpha value is -1.06. The smallest absolute Gasteiger partial charge is 0.255 e. The zero-order valence-electron chi connectivity index (χ0n) is 6.52. The first kappa shape index (κ1) is 9.03. The van der Waals surface area contributed by atoms with Crippen molar-refractivity contribution in [2.75, 3.05) is 0 Å². The molecule has 0 saturated heterocycles. The molecule has 0 atom stereocenters. The number of pyridine rings is 1. The number of rotatable bonds is 2. The summed E-state index contributed by atoms with van der Waals surface area (Å²) < 4.78 is 36.3. The normalized spacial score (nSPS) is 10.8. The molecular formula is C8H8F3N. The first-order chi connectivity index (χ1) is 5.63. The number of nitrogens with zero attached hydrogens (tertiary/aromatic N) is 1. The summed E-state index contributed by atoms with van der Waals surface area (Å²) >= 11 is 0. The van der Waals surface area contributed by atoms with Gasteiger partial charge in [0.15, 0.2) is 0 Å². The van der Waals surface area contributed by atoms with Crippen molar-refractivity contribution in [3.05, 3.63) is 29.1 Å². The van der Waals surface area contributed by atoms with Crippen LogP contribution in [0, 0.1) is 6.92 Å². The minimum atomic E-state index is -2.56. The van der Waals surface area contributed by atoms with E-state index >= 15 is 0 Å². The molecule has 1 nitrogen and oxygen atoms in total. The molecule has 0 spiro atoms. The molecule has 0 radical (unpaired) electrons. The Labute approximate surface area is 68.2 Å². The minimum absolute atomic E-state index is 0.0605. The Bertz CT molecular complexity index is 273. The second kappa shape index (κ2) is 3.56. The average molecular weight is 175 g/mol. The maximum atomic E-state index is 12.1. The van der Waals surface area contributed by atoms with Crippen LogP contribution in [0.3, 0.4) is 0 Å². The molecule has 0 aromatic carbocycles. The summed E-state index contributed by atoms with van der Waals surface area (Å²) in [5, 5.41) is 0. The van der Waals surface area contributed by atoms with E-state index in [1.807, 2.05) is 0 Å². The Morgan fingerprint density at radius 2 is 2.08 bits per heavy atom. The summed E-state index contributed by atoms with van der Waals surface area (Å²) in [6, 6.07) is 2.33. The number of aromatic nitrogens is 1. The maximum absolute atomic E-state index is 12.1. The first-order valence-corrected chi connectivity index (χ1v) is 3.45. The topological polar surface area (TPSA) is 12.9 Å². The standard InChI is InChI=1S/C8H8F3N/c1-5-2-6(8(10)11)3-7(4-9)12-5/h2-3,8H,4H2,1H3. The number of alkyl halides is 3. The van der Waals surface area contributed by atoms with E-state index in [4.69, 9.17) is 0 Å². The zero-order valence-corrected chi connectivity index (χ0v) is 6.52. The van der Waals surface area contributed by atoms with Gasteiger partial charge in [-0.25, -0.2) is 13.2 Å². The van der Waals surface area contributed by atoms with Crippen molar-refractivity contribution >= 4 is 0 Å². The average Bonchev–Trinajstić information content (AvgIpc) is 2.03. The van der Waals surface area contributed by atoms with Gasteiger partial charge in [0, 0.05) is 11.3 Å². The van der Waals surface area contributed by atoms with Crippen molar-refractivity contribution in [1.82, 2.24) is 4.98 Å². The molecule has 0 N–H and O–H groups in total. The van der Waals surface area contributed by atoms with Crippen LogP contribution in [0.2, 0.25) is 0 Å². The highest BCUT2D eigenvalue weighted by molar-refractivity contribution is 5.21. The van der Waals surface area contributed by atoms with Crippen molar-refractivity contribution in [2.45, 2.75) is 20.0 Å². The summed E-state index contributed by atoms with van der Waals surface area (Å²) in [4.78, 5) is 3.73. The van der Waals surface area contributed by atoms with Gasteiger partial charge in [0.25, 0.3) is 6.43 Å². The van der Waals surface area contributed by atoms with Crippen molar-refractivity contribution in [2.24, 2.45) is 0 Å². The van der Waals surface area contributed by atoms with Crippen LogP contribution in [-0.2, 0) is 6.67 Å². The molecular weight excluding hydrogens is 167 g/mol. The fourth-order valence-electron chi connectivity index (χ4n) is 0.961. The predicted molar refractivity (Wildman–Crippen MR) is 38.7 cm³/mol. The Morgan fingerprint density at radius 3 is 2.58 bits per heavy atom. The number of hydrogen-bond donors (Lipinski definition) is 0. The number of hydrogen-bond acceptors (Lipinski definition) is 1. The van der Waals surface area contributed by atoms with Crippen LogP contribution in [0.1, 0.15) is 23.4 Å². The number of halogens is 3. The van der Waals surface area contributed by atoms with E-state index in [9.17, 15) is 13.2 Å². The monoisotopic (exact) mass is 175 g/mol. The molecule has 0 amide bonds. The third-order valence-corrected chi connectivity index (χ3v) is 1.42. The highest BCUT2D eigenvalue weighted by Gasteiger charge is 2.08. The van der Waals surface area contributed by atoms with E-state index in [2.05, 4.69) is 4.98 Å². The molecule has 0 aliphatic heterocycles. The lowest BCUT2D eigenvalue weighted by Crippen LogP contribution is -1.94. The van der Waals surface area contributed by atoms with Crippen molar-refractivity contribution < 1.29 is 13.2 Å². The summed E-state index contributed by atoms with van der Waals surface area (Å²) in [6.07, 6.45) is -2.56. The third kappa shape index (κ3) is 1.96. The van der Waals surface area contributed by atoms with Crippen LogP contribution in [0.4, 0.5) is 13.2 Å². The van der Waals surface area contributed by atoms with E-state index in [-0.39, 0.29) is 11.3 Å². The van der Waals surface area contributed by atoms with Gasteiger partial charge in [-0.1, -0.05) is 0 Å². The van der Waals surface area contributed by atoms with Gasteiger partial charge in [0.05, 0.1) is 5.69 Å². The fourth-order valence-corrected chi connectivity index (χ4v) is 0.961. The highest BCUT2D eigenvalue weighted by Crippen LogP contribution is 2.19. The molecule has 4 heteroatoms. The van der Waals surface area contributed by atoms with E-state index in [0.717, 1.165) is 6.07 Å². The Kier molecular flexibility index (Phi) is 2.68. The van der Waals surface area contributed by atoms with E-state index in [1.54, 1.807) is 6.92 Å². The molecule has 1 aromatic rings. The predicted octanol–water partition coefficient (Wildman–Crippen LogP) is 2.80. The quantitative estimate of drug-likeness (QED) is 0.673. The van der Waals surface area contributed by atoms with Crippen LogP contribution < -0.4 is 0 Å². The largest absolute Gasteiger partial charge is 0.263 e.